The van der Waals surface area contributed by atoms with Gasteiger partial charge in [0, 0.05) is 11.6 Å². The van der Waals surface area contributed by atoms with Crippen LogP contribution in [0.25, 0.3) is 11.3 Å². The molecule has 156 valence electrons. The Labute approximate surface area is 174 Å². The summed E-state index contributed by atoms with van der Waals surface area (Å²) in [6, 6.07) is 15.8. The maximum atomic E-state index is 13.2. The number of halogens is 1. The van der Waals surface area contributed by atoms with Crippen molar-refractivity contribution in [2.45, 2.75) is 6.42 Å². The zero-order valence-electron chi connectivity index (χ0n) is 16.3. The summed E-state index contributed by atoms with van der Waals surface area (Å²) < 4.78 is 41.4. The van der Waals surface area contributed by atoms with Gasteiger partial charge in [0.1, 0.15) is 11.6 Å². The number of nitrogens with zero attached hydrogens (tertiary/aromatic N) is 1. The molecule has 6 nitrogen and oxygen atoms in total. The third kappa shape index (κ3) is 5.03. The van der Waals surface area contributed by atoms with Crippen LogP contribution >= 0.6 is 0 Å². The van der Waals surface area contributed by atoms with Crippen LogP contribution in [0.4, 0.5) is 10.2 Å². The summed E-state index contributed by atoms with van der Waals surface area (Å²) in [6.45, 7) is 4.07. The summed E-state index contributed by atoms with van der Waals surface area (Å²) in [5.41, 5.74) is 9.20. The predicted octanol–water partition coefficient (Wildman–Crippen LogP) is 3.14. The number of benzene rings is 2. The van der Waals surface area contributed by atoms with Gasteiger partial charge in [0.05, 0.1) is 18.6 Å². The summed E-state index contributed by atoms with van der Waals surface area (Å²) in [5.74, 6) is -0.142. The Hall–Kier alpha value is -3.23. The standard InChI is InChI=1S/C22H21FN2O4S/c1-15(17-5-7-18(23)8-6-17)20-11-12-21(26)25(22(20)24)19-9-3-16(4-10-19)13-14-29-30(2,27)28/h3-12H,1,13-14,24H2,2H3. The van der Waals surface area contributed by atoms with Gasteiger partial charge in [-0.15, -0.1) is 0 Å². The molecule has 3 aromatic rings. The molecule has 0 spiro atoms. The van der Waals surface area contributed by atoms with Gasteiger partial charge in [-0.1, -0.05) is 30.8 Å². The van der Waals surface area contributed by atoms with Gasteiger partial charge in [0.15, 0.2) is 0 Å². The number of hydrogen-bond donors (Lipinski definition) is 1. The van der Waals surface area contributed by atoms with Crippen LogP contribution in [0.2, 0.25) is 0 Å². The van der Waals surface area contributed by atoms with Gasteiger partial charge in [-0.25, -0.2) is 4.39 Å². The highest BCUT2D eigenvalue weighted by Gasteiger charge is 2.13. The summed E-state index contributed by atoms with van der Waals surface area (Å²) in [7, 11) is -3.49. The lowest BCUT2D eigenvalue weighted by Gasteiger charge is -2.16. The number of hydrogen-bond acceptors (Lipinski definition) is 5. The molecule has 1 heterocycles. The monoisotopic (exact) mass is 428 g/mol. The topological polar surface area (TPSA) is 91.4 Å². The van der Waals surface area contributed by atoms with Crippen LogP contribution in [0.5, 0.6) is 0 Å². The molecule has 0 atom stereocenters. The fraction of sp³-hybridized carbons (Fsp3) is 0.136. The summed E-state index contributed by atoms with van der Waals surface area (Å²) in [5, 5.41) is 0. The zero-order chi connectivity index (χ0) is 21.9. The molecule has 0 unspecified atom stereocenters. The lowest BCUT2D eigenvalue weighted by molar-refractivity contribution is 0.326. The Balaban J connectivity index is 1.89. The highest BCUT2D eigenvalue weighted by molar-refractivity contribution is 7.85. The van der Waals surface area contributed by atoms with Gasteiger partial charge in [0.25, 0.3) is 15.7 Å². The largest absolute Gasteiger partial charge is 0.384 e. The van der Waals surface area contributed by atoms with Crippen molar-refractivity contribution in [3.05, 3.63) is 100 Å². The van der Waals surface area contributed by atoms with Gasteiger partial charge < -0.3 is 5.73 Å². The first-order chi connectivity index (χ1) is 14.2. The van der Waals surface area contributed by atoms with E-state index in [0.29, 0.717) is 28.8 Å². The summed E-state index contributed by atoms with van der Waals surface area (Å²) in [6.07, 6.45) is 1.40. The van der Waals surface area contributed by atoms with Crippen LogP contribution in [0.3, 0.4) is 0 Å². The number of anilines is 1. The third-order valence-corrected chi connectivity index (χ3v) is 5.13. The number of nitrogen functional groups attached to an aromatic ring is 1. The molecular formula is C22H21FN2O4S. The third-order valence-electron chi connectivity index (χ3n) is 4.53. The lowest BCUT2D eigenvalue weighted by atomic mass is 10.00. The van der Waals surface area contributed by atoms with Crippen molar-refractivity contribution in [2.75, 3.05) is 18.6 Å². The number of aromatic nitrogens is 1. The van der Waals surface area contributed by atoms with Gasteiger partial charge in [-0.05, 0) is 53.5 Å². The molecular weight excluding hydrogens is 407 g/mol. The fourth-order valence-electron chi connectivity index (χ4n) is 3.00. The molecule has 0 aliphatic rings. The minimum absolute atomic E-state index is 0.0350. The average Bonchev–Trinajstić information content (AvgIpc) is 2.68. The first-order valence-electron chi connectivity index (χ1n) is 9.06. The lowest BCUT2D eigenvalue weighted by Crippen LogP contribution is -2.21. The van der Waals surface area contributed by atoms with Crippen LogP contribution in [0, 0.1) is 5.82 Å². The minimum Gasteiger partial charge on any atom is -0.384 e. The highest BCUT2D eigenvalue weighted by Crippen LogP contribution is 2.27. The second-order valence-electron chi connectivity index (χ2n) is 6.73. The van der Waals surface area contributed by atoms with Crippen LogP contribution < -0.4 is 11.3 Å². The molecule has 0 aliphatic heterocycles. The Kier molecular flexibility index (Phi) is 6.19. The second-order valence-corrected chi connectivity index (χ2v) is 8.38. The first-order valence-corrected chi connectivity index (χ1v) is 10.9. The first kappa shape index (κ1) is 21.5. The normalized spacial score (nSPS) is 11.4. The molecule has 0 aliphatic carbocycles. The molecule has 2 aromatic carbocycles. The van der Waals surface area contributed by atoms with E-state index in [0.717, 1.165) is 11.8 Å². The van der Waals surface area contributed by atoms with Gasteiger partial charge >= 0.3 is 0 Å². The highest BCUT2D eigenvalue weighted by atomic mass is 32.2. The van der Waals surface area contributed by atoms with Crippen molar-refractivity contribution < 1.29 is 17.0 Å². The van der Waals surface area contributed by atoms with Crippen LogP contribution in [-0.2, 0) is 20.7 Å². The molecule has 2 N–H and O–H groups in total. The molecule has 0 amide bonds. The quantitative estimate of drug-likeness (QED) is 0.584. The van der Waals surface area contributed by atoms with Crippen LogP contribution in [-0.4, -0.2) is 25.8 Å². The number of rotatable bonds is 7. The molecule has 0 bridgehead atoms. The van der Waals surface area contributed by atoms with E-state index < -0.39 is 10.1 Å². The van der Waals surface area contributed by atoms with E-state index in [1.165, 1.54) is 22.8 Å². The number of nitrogens with two attached hydrogens (primary N) is 1. The van der Waals surface area contributed by atoms with Crippen LogP contribution in [0.1, 0.15) is 16.7 Å². The van der Waals surface area contributed by atoms with E-state index in [1.807, 2.05) is 0 Å². The Bertz CT molecular complexity index is 1230. The summed E-state index contributed by atoms with van der Waals surface area (Å²) >= 11 is 0. The predicted molar refractivity (Wildman–Crippen MR) is 115 cm³/mol. The molecule has 8 heteroatoms. The summed E-state index contributed by atoms with van der Waals surface area (Å²) in [4.78, 5) is 12.5. The van der Waals surface area contributed by atoms with Crippen molar-refractivity contribution in [2.24, 2.45) is 0 Å². The van der Waals surface area contributed by atoms with E-state index in [9.17, 15) is 17.6 Å². The van der Waals surface area contributed by atoms with E-state index >= 15 is 0 Å². The maximum Gasteiger partial charge on any atom is 0.264 e. The molecule has 0 fully saturated rings. The molecule has 0 saturated carbocycles. The van der Waals surface area contributed by atoms with Crippen molar-refractivity contribution >= 4 is 21.5 Å². The number of pyridine rings is 1. The average molecular weight is 428 g/mol. The molecule has 0 radical (unpaired) electrons. The van der Waals surface area contributed by atoms with E-state index in [1.54, 1.807) is 42.5 Å². The zero-order valence-corrected chi connectivity index (χ0v) is 17.2. The Morgan fingerprint density at radius 2 is 1.70 bits per heavy atom. The minimum atomic E-state index is -3.49. The maximum absolute atomic E-state index is 13.2. The van der Waals surface area contributed by atoms with E-state index in [-0.39, 0.29) is 23.8 Å². The van der Waals surface area contributed by atoms with E-state index in [2.05, 4.69) is 6.58 Å². The van der Waals surface area contributed by atoms with Gasteiger partial charge in [0.2, 0.25) is 0 Å². The van der Waals surface area contributed by atoms with Crippen molar-refractivity contribution in [1.29, 1.82) is 0 Å². The van der Waals surface area contributed by atoms with Gasteiger partial charge in [-0.2, -0.15) is 8.42 Å². The van der Waals surface area contributed by atoms with Crippen molar-refractivity contribution in [3.8, 4) is 5.69 Å². The van der Waals surface area contributed by atoms with Crippen molar-refractivity contribution in [3.63, 3.8) is 0 Å². The second kappa shape index (κ2) is 8.64. The molecule has 30 heavy (non-hydrogen) atoms. The molecule has 3 rings (SSSR count). The SMILES string of the molecule is C=C(c1ccc(F)cc1)c1ccc(=O)n(-c2ccc(CCOS(C)(=O)=O)cc2)c1N. The van der Waals surface area contributed by atoms with Crippen LogP contribution in [0.15, 0.2) is 72.0 Å². The van der Waals surface area contributed by atoms with E-state index in [4.69, 9.17) is 9.92 Å². The smallest absolute Gasteiger partial charge is 0.264 e. The fourth-order valence-corrected chi connectivity index (χ4v) is 3.39. The molecule has 0 saturated heterocycles. The Morgan fingerprint density at radius 1 is 1.07 bits per heavy atom. The molecule has 1 aromatic heterocycles. The Morgan fingerprint density at radius 3 is 2.30 bits per heavy atom. The van der Waals surface area contributed by atoms with Gasteiger partial charge in [-0.3, -0.25) is 13.5 Å². The van der Waals surface area contributed by atoms with Crippen molar-refractivity contribution in [1.82, 2.24) is 4.57 Å².